The predicted octanol–water partition coefficient (Wildman–Crippen LogP) is 0.935. The standard InChI is InChI=1S/C14H22N4O/c1-11-9-15-18(10-11)8-7-17-6-2-3-13(14(17)19)16-12-4-5-12/h9-10,12-13,16H,2-8H2,1H3. The van der Waals surface area contributed by atoms with Gasteiger partial charge in [-0.15, -0.1) is 0 Å². The van der Waals surface area contributed by atoms with Crippen molar-refractivity contribution in [3.05, 3.63) is 18.0 Å². The number of hydrogen-bond acceptors (Lipinski definition) is 3. The van der Waals surface area contributed by atoms with E-state index in [9.17, 15) is 4.79 Å². The van der Waals surface area contributed by atoms with Gasteiger partial charge in [-0.25, -0.2) is 0 Å². The molecule has 1 amide bonds. The summed E-state index contributed by atoms with van der Waals surface area (Å²) in [7, 11) is 0. The van der Waals surface area contributed by atoms with Gasteiger partial charge < -0.3 is 10.2 Å². The van der Waals surface area contributed by atoms with Crippen LogP contribution in [0.4, 0.5) is 0 Å². The molecule has 1 aromatic rings. The zero-order valence-corrected chi connectivity index (χ0v) is 11.5. The van der Waals surface area contributed by atoms with Crippen molar-refractivity contribution < 1.29 is 4.79 Å². The topological polar surface area (TPSA) is 50.2 Å². The number of aryl methyl sites for hydroxylation is 1. The minimum Gasteiger partial charge on any atom is -0.339 e. The first-order chi connectivity index (χ1) is 9.22. The first-order valence-corrected chi connectivity index (χ1v) is 7.26. The van der Waals surface area contributed by atoms with Crippen LogP contribution in [-0.4, -0.2) is 45.8 Å². The Morgan fingerprint density at radius 3 is 2.89 bits per heavy atom. The van der Waals surface area contributed by atoms with Crippen molar-refractivity contribution in [3.63, 3.8) is 0 Å². The molecule has 1 unspecified atom stereocenters. The number of amides is 1. The molecule has 1 N–H and O–H groups in total. The van der Waals surface area contributed by atoms with Gasteiger partial charge in [-0.1, -0.05) is 0 Å². The van der Waals surface area contributed by atoms with Crippen LogP contribution in [0, 0.1) is 6.92 Å². The largest absolute Gasteiger partial charge is 0.339 e. The quantitative estimate of drug-likeness (QED) is 0.859. The Hall–Kier alpha value is -1.36. The third kappa shape index (κ3) is 3.15. The lowest BCUT2D eigenvalue weighted by Crippen LogP contribution is -2.51. The minimum absolute atomic E-state index is 0.0561. The van der Waals surface area contributed by atoms with Gasteiger partial charge in [-0.3, -0.25) is 9.48 Å². The molecular formula is C14H22N4O. The van der Waals surface area contributed by atoms with Gasteiger partial charge in [0.1, 0.15) is 0 Å². The van der Waals surface area contributed by atoms with Crippen molar-refractivity contribution in [3.8, 4) is 0 Å². The highest BCUT2D eigenvalue weighted by Crippen LogP contribution is 2.22. The third-order valence-electron chi connectivity index (χ3n) is 3.91. The second-order valence-electron chi connectivity index (χ2n) is 5.74. The van der Waals surface area contributed by atoms with E-state index in [1.54, 1.807) is 0 Å². The number of nitrogens with one attached hydrogen (secondary N) is 1. The summed E-state index contributed by atoms with van der Waals surface area (Å²) in [4.78, 5) is 14.3. The Balaban J connectivity index is 1.52. The average Bonchev–Trinajstić information content (AvgIpc) is 3.12. The fourth-order valence-electron chi connectivity index (χ4n) is 2.66. The van der Waals surface area contributed by atoms with Crippen LogP contribution in [0.15, 0.2) is 12.4 Å². The predicted molar refractivity (Wildman–Crippen MR) is 72.7 cm³/mol. The zero-order valence-electron chi connectivity index (χ0n) is 11.5. The number of carbonyl (C=O) groups excluding carboxylic acids is 1. The molecule has 1 saturated carbocycles. The molecule has 3 rings (SSSR count). The number of nitrogens with zero attached hydrogens (tertiary/aromatic N) is 3. The lowest BCUT2D eigenvalue weighted by atomic mass is 10.0. The molecule has 19 heavy (non-hydrogen) atoms. The molecule has 5 nitrogen and oxygen atoms in total. The molecule has 0 aromatic carbocycles. The Bertz CT molecular complexity index is 452. The minimum atomic E-state index is 0.0561. The number of likely N-dealkylation sites (tertiary alicyclic amines) is 1. The lowest BCUT2D eigenvalue weighted by molar-refractivity contribution is -0.136. The van der Waals surface area contributed by atoms with Crippen LogP contribution in [-0.2, 0) is 11.3 Å². The summed E-state index contributed by atoms with van der Waals surface area (Å²) in [6.45, 7) is 4.48. The van der Waals surface area contributed by atoms with Crippen LogP contribution in [0.2, 0.25) is 0 Å². The maximum atomic E-state index is 12.3. The lowest BCUT2D eigenvalue weighted by Gasteiger charge is -2.32. The Morgan fingerprint density at radius 2 is 2.21 bits per heavy atom. The van der Waals surface area contributed by atoms with Gasteiger partial charge in [0, 0.05) is 25.3 Å². The van der Waals surface area contributed by atoms with Crippen molar-refractivity contribution in [1.29, 1.82) is 0 Å². The van der Waals surface area contributed by atoms with E-state index in [0.29, 0.717) is 6.04 Å². The van der Waals surface area contributed by atoms with Gasteiger partial charge in [0.2, 0.25) is 5.91 Å². The van der Waals surface area contributed by atoms with Crippen LogP contribution in [0.1, 0.15) is 31.2 Å². The van der Waals surface area contributed by atoms with Gasteiger partial charge in [-0.05, 0) is 38.2 Å². The molecule has 2 aliphatic rings. The Morgan fingerprint density at radius 1 is 1.37 bits per heavy atom. The summed E-state index contributed by atoms with van der Waals surface area (Å²) in [5.41, 5.74) is 1.17. The second kappa shape index (κ2) is 5.33. The van der Waals surface area contributed by atoms with Crippen LogP contribution in [0.3, 0.4) is 0 Å². The molecule has 2 fully saturated rings. The van der Waals surface area contributed by atoms with E-state index < -0.39 is 0 Å². The van der Waals surface area contributed by atoms with Crippen molar-refractivity contribution in [2.45, 2.75) is 51.2 Å². The number of aromatic nitrogens is 2. The van der Waals surface area contributed by atoms with E-state index in [4.69, 9.17) is 0 Å². The summed E-state index contributed by atoms with van der Waals surface area (Å²) in [5, 5.41) is 7.73. The molecule has 1 aliphatic carbocycles. The molecule has 1 atom stereocenters. The van der Waals surface area contributed by atoms with Gasteiger partial charge in [0.05, 0.1) is 18.8 Å². The van der Waals surface area contributed by atoms with Crippen LogP contribution >= 0.6 is 0 Å². The molecule has 0 bridgehead atoms. The first-order valence-electron chi connectivity index (χ1n) is 7.26. The maximum absolute atomic E-state index is 12.3. The molecular weight excluding hydrogens is 240 g/mol. The summed E-state index contributed by atoms with van der Waals surface area (Å²) >= 11 is 0. The second-order valence-corrected chi connectivity index (χ2v) is 5.74. The molecule has 1 saturated heterocycles. The van der Waals surface area contributed by atoms with Crippen molar-refractivity contribution >= 4 is 5.91 Å². The number of rotatable bonds is 5. The number of hydrogen-bond donors (Lipinski definition) is 1. The fourth-order valence-corrected chi connectivity index (χ4v) is 2.66. The van der Waals surface area contributed by atoms with Gasteiger partial charge >= 0.3 is 0 Å². The van der Waals surface area contributed by atoms with Crippen molar-refractivity contribution in [1.82, 2.24) is 20.0 Å². The van der Waals surface area contributed by atoms with E-state index in [2.05, 4.69) is 10.4 Å². The molecule has 0 spiro atoms. The highest BCUT2D eigenvalue weighted by atomic mass is 16.2. The molecule has 2 heterocycles. The molecule has 0 radical (unpaired) electrons. The number of carbonyl (C=O) groups is 1. The summed E-state index contributed by atoms with van der Waals surface area (Å²) < 4.78 is 1.92. The van der Waals surface area contributed by atoms with E-state index >= 15 is 0 Å². The van der Waals surface area contributed by atoms with Gasteiger partial charge in [-0.2, -0.15) is 5.10 Å². The van der Waals surface area contributed by atoms with Crippen LogP contribution < -0.4 is 5.32 Å². The highest BCUT2D eigenvalue weighted by Gasteiger charge is 2.33. The maximum Gasteiger partial charge on any atom is 0.239 e. The van der Waals surface area contributed by atoms with Crippen LogP contribution in [0.25, 0.3) is 0 Å². The molecule has 1 aromatic heterocycles. The normalized spacial score (nSPS) is 23.9. The molecule has 5 heteroatoms. The Labute approximate surface area is 114 Å². The van der Waals surface area contributed by atoms with Crippen LogP contribution in [0.5, 0.6) is 0 Å². The van der Waals surface area contributed by atoms with E-state index in [1.165, 1.54) is 18.4 Å². The SMILES string of the molecule is Cc1cnn(CCN2CCCC(NC3CC3)C2=O)c1. The summed E-state index contributed by atoms with van der Waals surface area (Å²) in [6.07, 6.45) is 8.44. The van der Waals surface area contributed by atoms with E-state index in [1.807, 2.05) is 28.9 Å². The zero-order chi connectivity index (χ0) is 13.2. The Kier molecular flexibility index (Phi) is 3.55. The number of piperidine rings is 1. The smallest absolute Gasteiger partial charge is 0.239 e. The summed E-state index contributed by atoms with van der Waals surface area (Å²) in [6, 6.07) is 0.656. The van der Waals surface area contributed by atoms with E-state index in [-0.39, 0.29) is 11.9 Å². The van der Waals surface area contributed by atoms with Gasteiger partial charge in [0.25, 0.3) is 0 Å². The van der Waals surface area contributed by atoms with E-state index in [0.717, 1.165) is 32.5 Å². The molecule has 1 aliphatic heterocycles. The summed E-state index contributed by atoms with van der Waals surface area (Å²) in [5.74, 6) is 0.280. The van der Waals surface area contributed by atoms with Gasteiger partial charge in [0.15, 0.2) is 0 Å². The van der Waals surface area contributed by atoms with Crippen molar-refractivity contribution in [2.75, 3.05) is 13.1 Å². The fraction of sp³-hybridized carbons (Fsp3) is 0.714. The first kappa shape index (κ1) is 12.7. The molecule has 104 valence electrons. The average molecular weight is 262 g/mol. The third-order valence-corrected chi connectivity index (χ3v) is 3.91. The highest BCUT2D eigenvalue weighted by molar-refractivity contribution is 5.82. The monoisotopic (exact) mass is 262 g/mol. The van der Waals surface area contributed by atoms with Crippen molar-refractivity contribution in [2.24, 2.45) is 0 Å².